The fraction of sp³-hybridized carbons (Fsp3) is 0.250. The molecule has 0 spiro atoms. The maximum atomic E-state index is 12.7. The van der Waals surface area contributed by atoms with Crippen LogP contribution in [0.5, 0.6) is 11.5 Å². The van der Waals surface area contributed by atoms with E-state index in [1.165, 1.54) is 0 Å². The van der Waals surface area contributed by atoms with E-state index in [-0.39, 0.29) is 5.78 Å². The molecule has 1 fully saturated rings. The van der Waals surface area contributed by atoms with E-state index in [1.807, 2.05) is 54.6 Å². The molecular weight excluding hydrogens is 534 g/mol. The molecule has 0 unspecified atom stereocenters. The SMILES string of the molecule is COc1cc2[nH]c3ncnc(N4CCN(C(=S)Cc5cccc(CC(=O)c6ccccc6)c5)CC4)c3c2cc1OC. The molecule has 6 rings (SSSR count). The van der Waals surface area contributed by atoms with E-state index in [9.17, 15) is 4.79 Å². The molecule has 1 saturated heterocycles. The Morgan fingerprint density at radius 1 is 0.878 bits per heavy atom. The van der Waals surface area contributed by atoms with Gasteiger partial charge in [0.25, 0.3) is 0 Å². The van der Waals surface area contributed by atoms with Gasteiger partial charge >= 0.3 is 0 Å². The molecule has 0 amide bonds. The monoisotopic (exact) mass is 565 g/mol. The first-order valence-electron chi connectivity index (χ1n) is 13.6. The van der Waals surface area contributed by atoms with Gasteiger partial charge < -0.3 is 24.3 Å². The van der Waals surface area contributed by atoms with Gasteiger partial charge in [-0.25, -0.2) is 9.97 Å². The predicted octanol–water partition coefficient (Wildman–Crippen LogP) is 5.25. The summed E-state index contributed by atoms with van der Waals surface area (Å²) in [6.07, 6.45) is 2.65. The van der Waals surface area contributed by atoms with Crippen molar-refractivity contribution in [2.24, 2.45) is 0 Å². The Kier molecular flexibility index (Phi) is 7.52. The third kappa shape index (κ3) is 5.45. The van der Waals surface area contributed by atoms with Crippen molar-refractivity contribution in [3.8, 4) is 11.5 Å². The van der Waals surface area contributed by atoms with E-state index in [1.54, 1.807) is 20.5 Å². The predicted molar refractivity (Wildman–Crippen MR) is 166 cm³/mol. The number of piperazine rings is 1. The molecule has 41 heavy (non-hydrogen) atoms. The van der Waals surface area contributed by atoms with Gasteiger partial charge in [0.15, 0.2) is 17.3 Å². The van der Waals surface area contributed by atoms with E-state index < -0.39 is 0 Å². The van der Waals surface area contributed by atoms with Crippen LogP contribution in [0.15, 0.2) is 73.1 Å². The molecule has 8 nitrogen and oxygen atoms in total. The van der Waals surface area contributed by atoms with Crippen molar-refractivity contribution >= 4 is 50.7 Å². The fourth-order valence-electron chi connectivity index (χ4n) is 5.49. The van der Waals surface area contributed by atoms with Crippen molar-refractivity contribution in [1.82, 2.24) is 19.9 Å². The third-order valence-electron chi connectivity index (χ3n) is 7.61. The molecule has 0 radical (unpaired) electrons. The van der Waals surface area contributed by atoms with Crippen LogP contribution >= 0.6 is 12.2 Å². The average Bonchev–Trinajstić information content (AvgIpc) is 3.38. The van der Waals surface area contributed by atoms with E-state index in [4.69, 9.17) is 21.7 Å². The summed E-state index contributed by atoms with van der Waals surface area (Å²) in [6.45, 7) is 3.18. The van der Waals surface area contributed by atoms with Gasteiger partial charge in [-0.05, 0) is 17.2 Å². The number of anilines is 1. The number of hydrogen-bond acceptors (Lipinski definition) is 7. The lowest BCUT2D eigenvalue weighted by molar-refractivity contribution is 0.0993. The number of carbonyl (C=O) groups is 1. The van der Waals surface area contributed by atoms with Crippen molar-refractivity contribution in [3.05, 3.63) is 89.7 Å². The normalized spacial score (nSPS) is 13.5. The highest BCUT2D eigenvalue weighted by Crippen LogP contribution is 2.38. The Morgan fingerprint density at radius 2 is 1.59 bits per heavy atom. The molecule has 0 bridgehead atoms. The van der Waals surface area contributed by atoms with Gasteiger partial charge in [0, 0.05) is 56.0 Å². The van der Waals surface area contributed by atoms with E-state index in [0.29, 0.717) is 24.3 Å². The molecule has 1 aliphatic rings. The highest BCUT2D eigenvalue weighted by molar-refractivity contribution is 7.80. The summed E-state index contributed by atoms with van der Waals surface area (Å²) in [7, 11) is 3.27. The maximum Gasteiger partial charge on any atom is 0.167 e. The number of aromatic nitrogens is 3. The summed E-state index contributed by atoms with van der Waals surface area (Å²) in [4.78, 5) is 30.7. The topological polar surface area (TPSA) is 83.6 Å². The van der Waals surface area contributed by atoms with Crippen molar-refractivity contribution in [1.29, 1.82) is 0 Å². The lowest BCUT2D eigenvalue weighted by atomic mass is 10.0. The van der Waals surface area contributed by atoms with E-state index >= 15 is 0 Å². The average molecular weight is 566 g/mol. The standard InChI is InChI=1S/C32H31N5O3S/c1-39-27-18-24-25(19-28(27)40-2)35-31-30(24)32(34-20-33-31)37-13-11-36(12-14-37)29(41)17-22-8-6-7-21(15-22)16-26(38)23-9-4-3-5-10-23/h3-10,15,18-20H,11-14,16-17H2,1-2H3,(H,33,34,35). The first-order chi connectivity index (χ1) is 20.0. The Balaban J connectivity index is 1.14. The van der Waals surface area contributed by atoms with Gasteiger partial charge in [-0.3, -0.25) is 4.79 Å². The molecule has 0 aliphatic carbocycles. The summed E-state index contributed by atoms with van der Waals surface area (Å²) < 4.78 is 11.0. The zero-order chi connectivity index (χ0) is 28.3. The van der Waals surface area contributed by atoms with Crippen LogP contribution in [0.2, 0.25) is 0 Å². The van der Waals surface area contributed by atoms with Crippen LogP contribution in [0, 0.1) is 0 Å². The number of ether oxygens (including phenoxy) is 2. The molecule has 208 valence electrons. The van der Waals surface area contributed by atoms with Gasteiger partial charge in [-0.1, -0.05) is 66.8 Å². The second-order valence-corrected chi connectivity index (χ2v) is 10.6. The Hall–Kier alpha value is -4.50. The number of H-pyrrole nitrogens is 1. The minimum atomic E-state index is 0.119. The summed E-state index contributed by atoms with van der Waals surface area (Å²) >= 11 is 5.88. The van der Waals surface area contributed by atoms with Gasteiger partial charge in [0.2, 0.25) is 0 Å². The van der Waals surface area contributed by atoms with Gasteiger partial charge in [-0.2, -0.15) is 0 Å². The number of fused-ring (bicyclic) bond motifs is 3. The minimum Gasteiger partial charge on any atom is -0.493 e. The van der Waals surface area contributed by atoms with E-state index in [2.05, 4.69) is 36.9 Å². The maximum absolute atomic E-state index is 12.7. The number of ketones is 1. The number of nitrogens with one attached hydrogen (secondary N) is 1. The third-order valence-corrected chi connectivity index (χ3v) is 8.02. The van der Waals surface area contributed by atoms with Crippen molar-refractivity contribution in [3.63, 3.8) is 0 Å². The smallest absolute Gasteiger partial charge is 0.167 e. The van der Waals surface area contributed by atoms with Crippen molar-refractivity contribution in [2.45, 2.75) is 12.8 Å². The second-order valence-electron chi connectivity index (χ2n) is 10.1. The Labute approximate surface area is 243 Å². The summed E-state index contributed by atoms with van der Waals surface area (Å²) in [5.41, 5.74) is 4.57. The van der Waals surface area contributed by atoms with Gasteiger partial charge in [0.1, 0.15) is 17.8 Å². The summed E-state index contributed by atoms with van der Waals surface area (Å²) in [5.74, 6) is 2.35. The molecule has 2 aromatic heterocycles. The highest BCUT2D eigenvalue weighted by atomic mass is 32.1. The number of hydrogen-bond donors (Lipinski definition) is 1. The quantitative estimate of drug-likeness (QED) is 0.202. The molecule has 0 atom stereocenters. The van der Waals surface area contributed by atoms with Crippen LogP contribution < -0.4 is 14.4 Å². The number of aromatic amines is 1. The van der Waals surface area contributed by atoms with Crippen LogP contribution in [0.4, 0.5) is 5.82 Å². The zero-order valence-corrected chi connectivity index (χ0v) is 23.9. The number of methoxy groups -OCH3 is 2. The van der Waals surface area contributed by atoms with Gasteiger partial charge in [0.05, 0.1) is 30.1 Å². The van der Waals surface area contributed by atoms with Crippen LogP contribution in [0.1, 0.15) is 21.5 Å². The number of Topliss-reactive ketones (excluding diaryl/α,β-unsaturated/α-hetero) is 1. The summed E-state index contributed by atoms with van der Waals surface area (Å²) in [6, 6.07) is 21.5. The number of carbonyl (C=O) groups excluding carboxylic acids is 1. The van der Waals surface area contributed by atoms with Crippen LogP contribution in [0.3, 0.4) is 0 Å². The van der Waals surface area contributed by atoms with E-state index in [0.717, 1.165) is 75.6 Å². The molecule has 3 heterocycles. The second kappa shape index (κ2) is 11.5. The molecule has 1 aliphatic heterocycles. The molecule has 5 aromatic rings. The highest BCUT2D eigenvalue weighted by Gasteiger charge is 2.24. The largest absolute Gasteiger partial charge is 0.493 e. The van der Waals surface area contributed by atoms with Crippen LogP contribution in [-0.2, 0) is 12.8 Å². The minimum absolute atomic E-state index is 0.119. The fourth-order valence-corrected chi connectivity index (χ4v) is 5.84. The Morgan fingerprint density at radius 3 is 2.32 bits per heavy atom. The first kappa shape index (κ1) is 26.7. The Bertz CT molecular complexity index is 1730. The number of thiocarbonyl (C=S) groups is 1. The summed E-state index contributed by atoms with van der Waals surface area (Å²) in [5, 5.41) is 1.97. The lowest BCUT2D eigenvalue weighted by Gasteiger charge is -2.37. The molecule has 9 heteroatoms. The molecular formula is C32H31N5O3S. The first-order valence-corrected chi connectivity index (χ1v) is 14.0. The number of benzene rings is 3. The van der Waals surface area contributed by atoms with Crippen molar-refractivity contribution in [2.75, 3.05) is 45.3 Å². The molecule has 3 aromatic carbocycles. The molecule has 0 saturated carbocycles. The van der Waals surface area contributed by atoms with Crippen molar-refractivity contribution < 1.29 is 14.3 Å². The van der Waals surface area contributed by atoms with Gasteiger partial charge in [-0.15, -0.1) is 0 Å². The lowest BCUT2D eigenvalue weighted by Crippen LogP contribution is -2.49. The zero-order valence-electron chi connectivity index (χ0n) is 23.1. The van der Waals surface area contributed by atoms with Crippen LogP contribution in [-0.4, -0.2) is 71.0 Å². The van der Waals surface area contributed by atoms with Crippen LogP contribution in [0.25, 0.3) is 21.9 Å². The number of rotatable bonds is 8. The number of nitrogens with zero attached hydrogens (tertiary/aromatic N) is 4. The molecule has 1 N–H and O–H groups in total.